The van der Waals surface area contributed by atoms with Crippen LogP contribution in [0.4, 0.5) is 13.2 Å². The normalized spacial score (nSPS) is 13.1. The van der Waals surface area contributed by atoms with Gasteiger partial charge in [-0.05, 0) is 41.8 Å². The summed E-state index contributed by atoms with van der Waals surface area (Å²) in [6.45, 7) is 0.916. The molecule has 1 heterocycles. The minimum Gasteiger partial charge on any atom is -0.345 e. The highest BCUT2D eigenvalue weighted by atomic mass is 19.4. The zero-order valence-electron chi connectivity index (χ0n) is 21.9. The van der Waals surface area contributed by atoms with Crippen molar-refractivity contribution in [1.82, 2.24) is 15.2 Å². The third-order valence-corrected chi connectivity index (χ3v) is 6.33. The molecule has 0 saturated heterocycles. The molecule has 12 heteroatoms. The molecule has 1 aromatic heterocycles. The van der Waals surface area contributed by atoms with E-state index in [-0.39, 0.29) is 45.4 Å². The van der Waals surface area contributed by atoms with Crippen molar-refractivity contribution in [2.75, 3.05) is 26.2 Å². The highest BCUT2D eigenvalue weighted by Gasteiger charge is 2.31. The fourth-order valence-corrected chi connectivity index (χ4v) is 4.21. The van der Waals surface area contributed by atoms with Gasteiger partial charge in [-0.3, -0.25) is 19.4 Å². The second-order valence-corrected chi connectivity index (χ2v) is 9.41. The van der Waals surface area contributed by atoms with E-state index in [9.17, 15) is 27.6 Å². The van der Waals surface area contributed by atoms with Gasteiger partial charge < -0.3 is 27.4 Å². The van der Waals surface area contributed by atoms with Gasteiger partial charge in [0.2, 0.25) is 11.8 Å². The highest BCUT2D eigenvalue weighted by molar-refractivity contribution is 5.94. The summed E-state index contributed by atoms with van der Waals surface area (Å²) < 4.78 is 39.0. The van der Waals surface area contributed by atoms with Crippen molar-refractivity contribution >= 4 is 28.5 Å². The zero-order valence-corrected chi connectivity index (χ0v) is 21.9. The lowest BCUT2D eigenvalue weighted by atomic mass is 9.96. The predicted octanol–water partition coefficient (Wildman–Crippen LogP) is 1.56. The van der Waals surface area contributed by atoms with Crippen molar-refractivity contribution in [2.24, 2.45) is 17.2 Å². The summed E-state index contributed by atoms with van der Waals surface area (Å²) in [5, 5.41) is 3.43. The lowest BCUT2D eigenvalue weighted by Gasteiger charge is -2.24. The van der Waals surface area contributed by atoms with Gasteiger partial charge in [-0.25, -0.2) is 0 Å². The molecule has 3 aromatic rings. The first-order chi connectivity index (χ1) is 19.0. The minimum absolute atomic E-state index is 0.0726. The van der Waals surface area contributed by atoms with E-state index in [1.54, 1.807) is 6.20 Å². The van der Waals surface area contributed by atoms with Crippen molar-refractivity contribution in [3.05, 3.63) is 77.5 Å². The number of ketones is 1. The summed E-state index contributed by atoms with van der Waals surface area (Å²) in [6, 6.07) is 11.2. The number of nitrogens with one attached hydrogen (secondary N) is 1. The van der Waals surface area contributed by atoms with Crippen LogP contribution in [0.1, 0.15) is 23.1 Å². The van der Waals surface area contributed by atoms with Crippen molar-refractivity contribution in [1.29, 1.82) is 0 Å². The van der Waals surface area contributed by atoms with Crippen molar-refractivity contribution in [3.8, 4) is 0 Å². The van der Waals surface area contributed by atoms with E-state index < -0.39 is 41.4 Å². The number of aromatic nitrogens is 1. The Morgan fingerprint density at radius 1 is 0.950 bits per heavy atom. The van der Waals surface area contributed by atoms with Gasteiger partial charge in [0.05, 0.1) is 29.6 Å². The van der Waals surface area contributed by atoms with Crippen LogP contribution in [-0.4, -0.2) is 65.7 Å². The monoisotopic (exact) mass is 558 g/mol. The number of rotatable bonds is 13. The molecule has 2 aromatic carbocycles. The van der Waals surface area contributed by atoms with Crippen LogP contribution in [0.25, 0.3) is 10.9 Å². The molecule has 214 valence electrons. The molecule has 0 aliphatic carbocycles. The summed E-state index contributed by atoms with van der Waals surface area (Å²) in [4.78, 5) is 44.7. The van der Waals surface area contributed by atoms with Crippen LogP contribution in [0.3, 0.4) is 0 Å². The summed E-state index contributed by atoms with van der Waals surface area (Å²) in [6.07, 6.45) is -3.44. The smallest absolute Gasteiger partial charge is 0.345 e. The van der Waals surface area contributed by atoms with Gasteiger partial charge in [0.1, 0.15) is 0 Å². The standard InChI is InChI=1S/C28H33F3N6O3/c29-28(30,31)21-7-5-18(6-8-21)14-24(25(38)15-19-13-20-3-1-2-4-23(20)35-17-19)36-27(40)22(34)16-26(39)37(11-9-32)12-10-33/h1-8,13,17,22,24H,9-12,14-16,32-34H2,(H,36,40)/t22-,24+/m0/s1. The van der Waals surface area contributed by atoms with Gasteiger partial charge in [-0.15, -0.1) is 0 Å². The van der Waals surface area contributed by atoms with Crippen LogP contribution in [0, 0.1) is 0 Å². The molecule has 0 bridgehead atoms. The fourth-order valence-electron chi connectivity index (χ4n) is 4.21. The Morgan fingerprint density at radius 2 is 1.60 bits per heavy atom. The van der Waals surface area contributed by atoms with Crippen molar-refractivity contribution in [2.45, 2.75) is 37.5 Å². The van der Waals surface area contributed by atoms with E-state index in [4.69, 9.17) is 17.2 Å². The van der Waals surface area contributed by atoms with E-state index in [0.29, 0.717) is 11.1 Å². The van der Waals surface area contributed by atoms with E-state index in [1.807, 2.05) is 30.3 Å². The van der Waals surface area contributed by atoms with Crippen LogP contribution in [0.15, 0.2) is 60.8 Å². The number of hydrogen-bond acceptors (Lipinski definition) is 7. The van der Waals surface area contributed by atoms with E-state index >= 15 is 0 Å². The molecule has 0 spiro atoms. The number of pyridine rings is 1. The molecule has 3 rings (SSSR count). The number of para-hydroxylation sites is 1. The number of hydrogen-bond donors (Lipinski definition) is 4. The lowest BCUT2D eigenvalue weighted by Crippen LogP contribution is -2.51. The Hall–Kier alpha value is -3.87. The first-order valence-electron chi connectivity index (χ1n) is 12.8. The molecule has 0 aliphatic rings. The Balaban J connectivity index is 1.77. The van der Waals surface area contributed by atoms with Crippen LogP contribution >= 0.6 is 0 Å². The van der Waals surface area contributed by atoms with Crippen LogP contribution in [0.2, 0.25) is 0 Å². The number of alkyl halides is 3. The second-order valence-electron chi connectivity index (χ2n) is 9.41. The number of benzene rings is 2. The number of carbonyl (C=O) groups is 3. The molecular weight excluding hydrogens is 525 g/mol. The van der Waals surface area contributed by atoms with Gasteiger partial charge >= 0.3 is 6.18 Å². The molecule has 2 atom stereocenters. The Bertz CT molecular complexity index is 1310. The number of amides is 2. The number of Topliss-reactive ketones (excluding diaryl/α,β-unsaturated/α-hetero) is 1. The van der Waals surface area contributed by atoms with Gasteiger partial charge in [0, 0.05) is 44.2 Å². The van der Waals surface area contributed by atoms with Gasteiger partial charge in [0.25, 0.3) is 0 Å². The zero-order chi connectivity index (χ0) is 29.3. The summed E-state index contributed by atoms with van der Waals surface area (Å²) in [7, 11) is 0. The van der Waals surface area contributed by atoms with Gasteiger partial charge in [-0.1, -0.05) is 30.3 Å². The Kier molecular flexibility index (Phi) is 10.7. The molecular formula is C28H33F3N6O3. The van der Waals surface area contributed by atoms with E-state index in [0.717, 1.165) is 23.0 Å². The van der Waals surface area contributed by atoms with Crippen molar-refractivity contribution < 1.29 is 27.6 Å². The fraction of sp³-hybridized carbons (Fsp3) is 0.357. The van der Waals surface area contributed by atoms with Crippen LogP contribution in [-0.2, 0) is 33.4 Å². The van der Waals surface area contributed by atoms with E-state index in [2.05, 4.69) is 10.3 Å². The number of halogens is 3. The average molecular weight is 559 g/mol. The van der Waals surface area contributed by atoms with Gasteiger partial charge in [-0.2, -0.15) is 13.2 Å². The topological polar surface area (TPSA) is 157 Å². The second kappa shape index (κ2) is 14.0. The Labute approximate surface area is 229 Å². The largest absolute Gasteiger partial charge is 0.416 e. The molecule has 40 heavy (non-hydrogen) atoms. The quantitative estimate of drug-likeness (QED) is 0.248. The molecule has 0 saturated carbocycles. The van der Waals surface area contributed by atoms with Crippen LogP contribution < -0.4 is 22.5 Å². The SMILES string of the molecule is NCCN(CCN)C(=O)C[C@H](N)C(=O)N[C@H](Cc1ccc(C(F)(F)F)cc1)C(=O)Cc1cnc2ccccc2c1. The number of nitrogens with two attached hydrogens (primary N) is 3. The van der Waals surface area contributed by atoms with Crippen LogP contribution in [0.5, 0.6) is 0 Å². The maximum atomic E-state index is 13.4. The first-order valence-corrected chi connectivity index (χ1v) is 12.8. The third kappa shape index (κ3) is 8.57. The molecule has 2 amide bonds. The number of carbonyl (C=O) groups excluding carboxylic acids is 3. The summed E-state index contributed by atoms with van der Waals surface area (Å²) in [5.41, 5.74) is 18.0. The average Bonchev–Trinajstić information content (AvgIpc) is 2.92. The first kappa shape index (κ1) is 30.7. The maximum absolute atomic E-state index is 13.4. The molecule has 0 fully saturated rings. The molecule has 0 aliphatic heterocycles. The number of fused-ring (bicyclic) bond motifs is 1. The summed E-state index contributed by atoms with van der Waals surface area (Å²) in [5.74, 6) is -1.54. The molecule has 9 nitrogen and oxygen atoms in total. The van der Waals surface area contributed by atoms with E-state index in [1.165, 1.54) is 17.0 Å². The third-order valence-electron chi connectivity index (χ3n) is 6.33. The lowest BCUT2D eigenvalue weighted by molar-refractivity contribution is -0.137. The number of nitrogens with zero attached hydrogens (tertiary/aromatic N) is 2. The maximum Gasteiger partial charge on any atom is 0.416 e. The molecule has 7 N–H and O–H groups in total. The minimum atomic E-state index is -4.51. The Morgan fingerprint density at radius 3 is 2.23 bits per heavy atom. The highest BCUT2D eigenvalue weighted by Crippen LogP contribution is 2.29. The predicted molar refractivity (Wildman–Crippen MR) is 145 cm³/mol. The van der Waals surface area contributed by atoms with Crippen molar-refractivity contribution in [3.63, 3.8) is 0 Å². The summed E-state index contributed by atoms with van der Waals surface area (Å²) >= 11 is 0. The van der Waals surface area contributed by atoms with Gasteiger partial charge in [0.15, 0.2) is 5.78 Å². The molecule has 0 unspecified atom stereocenters. The molecule has 0 radical (unpaired) electrons.